The largest absolute Gasteiger partial charge is 0.465 e. The highest BCUT2D eigenvalue weighted by Crippen LogP contribution is 2.45. The van der Waals surface area contributed by atoms with Crippen LogP contribution in [0.5, 0.6) is 0 Å². The van der Waals surface area contributed by atoms with Crippen LogP contribution < -0.4 is 9.47 Å². The van der Waals surface area contributed by atoms with E-state index >= 15 is 0 Å². The maximum Gasteiger partial charge on any atom is 0.337 e. The average molecular weight is 496 g/mol. The molecule has 36 heavy (non-hydrogen) atoms. The number of fused-ring (bicyclic) bond motifs is 2. The van der Waals surface area contributed by atoms with Gasteiger partial charge in [-0.05, 0) is 42.0 Å². The summed E-state index contributed by atoms with van der Waals surface area (Å²) in [5.41, 5.74) is 5.06. The molecule has 3 aromatic carbocycles. The molecule has 1 aromatic heterocycles. The number of hydrogen-bond acceptors (Lipinski definition) is 5. The molecule has 0 saturated carbocycles. The summed E-state index contributed by atoms with van der Waals surface area (Å²) < 4.78 is 7.01. The van der Waals surface area contributed by atoms with Crippen LogP contribution in [0.1, 0.15) is 21.5 Å². The van der Waals surface area contributed by atoms with Crippen LogP contribution in [-0.4, -0.2) is 31.3 Å². The van der Waals surface area contributed by atoms with Crippen molar-refractivity contribution in [1.29, 1.82) is 0 Å². The molecule has 4 aromatic rings. The number of thioether (sulfide) groups is 1. The van der Waals surface area contributed by atoms with Crippen molar-refractivity contribution in [3.63, 3.8) is 0 Å². The Morgan fingerprint density at radius 3 is 2.61 bits per heavy atom. The van der Waals surface area contributed by atoms with Gasteiger partial charge in [0, 0.05) is 29.1 Å². The molecular weight excluding hydrogens is 468 g/mol. The van der Waals surface area contributed by atoms with Crippen LogP contribution >= 0.6 is 11.8 Å². The smallest absolute Gasteiger partial charge is 0.337 e. The van der Waals surface area contributed by atoms with Gasteiger partial charge in [-0.1, -0.05) is 60.3 Å². The highest BCUT2D eigenvalue weighted by Gasteiger charge is 2.23. The Bertz CT molecular complexity index is 1460. The number of hydrogen-bond donors (Lipinski definition) is 1. The zero-order valence-electron chi connectivity index (χ0n) is 20.0. The number of anilines is 1. The van der Waals surface area contributed by atoms with Crippen LogP contribution in [0.15, 0.2) is 107 Å². The van der Waals surface area contributed by atoms with Gasteiger partial charge in [-0.3, -0.25) is 0 Å². The van der Waals surface area contributed by atoms with Crippen LogP contribution in [0, 0.1) is 0 Å². The Morgan fingerprint density at radius 1 is 1.03 bits per heavy atom. The third kappa shape index (κ3) is 4.91. The number of aliphatic hydroxyl groups excluding tert-OH is 1. The summed E-state index contributed by atoms with van der Waals surface area (Å²) >= 11 is 1.72. The molecule has 6 heteroatoms. The van der Waals surface area contributed by atoms with Gasteiger partial charge >= 0.3 is 5.97 Å². The fourth-order valence-corrected chi connectivity index (χ4v) is 5.50. The zero-order valence-corrected chi connectivity index (χ0v) is 20.8. The van der Waals surface area contributed by atoms with E-state index in [0.717, 1.165) is 32.7 Å². The van der Waals surface area contributed by atoms with Crippen molar-refractivity contribution < 1.29 is 19.2 Å². The minimum atomic E-state index is -0.329. The highest BCUT2D eigenvalue weighted by molar-refractivity contribution is 8.03. The molecule has 0 radical (unpaired) electrons. The van der Waals surface area contributed by atoms with Gasteiger partial charge in [-0.25, -0.2) is 4.79 Å². The van der Waals surface area contributed by atoms with E-state index in [9.17, 15) is 9.90 Å². The number of pyridine rings is 1. The van der Waals surface area contributed by atoms with Gasteiger partial charge in [0.2, 0.25) is 5.52 Å². The second-order valence-electron chi connectivity index (χ2n) is 8.41. The molecule has 5 nitrogen and oxygen atoms in total. The number of aliphatic hydroxyl groups is 1. The number of esters is 1. The van der Waals surface area contributed by atoms with E-state index in [1.807, 2.05) is 30.3 Å². The monoisotopic (exact) mass is 495 g/mol. The molecular formula is C30H27N2O3S+. The SMILES string of the molecule is COC(=O)c1ccc(C[n+]2ccc(/C=C/C=C3/Sc4ccccc4N3CCO)c3ccccc32)cc1. The lowest BCUT2D eigenvalue weighted by Crippen LogP contribution is -2.34. The molecule has 2 heterocycles. The van der Waals surface area contributed by atoms with Crippen molar-refractivity contribution in [3.8, 4) is 0 Å². The van der Waals surface area contributed by atoms with Gasteiger partial charge in [-0.15, -0.1) is 0 Å². The first kappa shape index (κ1) is 23.9. The van der Waals surface area contributed by atoms with Crippen molar-refractivity contribution in [2.75, 3.05) is 25.2 Å². The quantitative estimate of drug-likeness (QED) is 0.274. The number of aromatic nitrogens is 1. The molecule has 0 unspecified atom stereocenters. The van der Waals surface area contributed by atoms with Crippen LogP contribution in [0.2, 0.25) is 0 Å². The molecule has 0 atom stereocenters. The van der Waals surface area contributed by atoms with Crippen molar-refractivity contribution in [3.05, 3.63) is 119 Å². The van der Waals surface area contributed by atoms with Crippen LogP contribution in [0.25, 0.3) is 17.0 Å². The lowest BCUT2D eigenvalue weighted by Gasteiger charge is -2.18. The molecule has 0 bridgehead atoms. The van der Waals surface area contributed by atoms with Gasteiger partial charge in [0.05, 0.1) is 35.4 Å². The molecule has 1 aliphatic heterocycles. The van der Waals surface area contributed by atoms with Gasteiger partial charge in [-0.2, -0.15) is 4.57 Å². The average Bonchev–Trinajstić information content (AvgIpc) is 3.27. The van der Waals surface area contributed by atoms with Gasteiger partial charge in [0.1, 0.15) is 0 Å². The number of benzene rings is 3. The number of carbonyl (C=O) groups is 1. The summed E-state index contributed by atoms with van der Waals surface area (Å²) in [7, 11) is 1.39. The highest BCUT2D eigenvalue weighted by atomic mass is 32.2. The minimum absolute atomic E-state index is 0.102. The van der Waals surface area contributed by atoms with E-state index in [1.54, 1.807) is 23.9 Å². The van der Waals surface area contributed by atoms with E-state index in [2.05, 4.69) is 70.3 Å². The number of nitrogens with zero attached hydrogens (tertiary/aromatic N) is 2. The minimum Gasteiger partial charge on any atom is -0.465 e. The first-order chi connectivity index (χ1) is 17.7. The number of methoxy groups -OCH3 is 1. The number of carbonyl (C=O) groups excluding carboxylic acids is 1. The summed E-state index contributed by atoms with van der Waals surface area (Å²) in [4.78, 5) is 15.1. The van der Waals surface area contributed by atoms with Gasteiger partial charge < -0.3 is 14.7 Å². The third-order valence-electron chi connectivity index (χ3n) is 6.16. The molecule has 0 fully saturated rings. The summed E-state index contributed by atoms with van der Waals surface area (Å²) in [6.07, 6.45) is 8.42. The van der Waals surface area contributed by atoms with Crippen molar-refractivity contribution in [2.45, 2.75) is 11.4 Å². The summed E-state index contributed by atoms with van der Waals surface area (Å²) in [5.74, 6) is -0.329. The molecule has 0 amide bonds. The Kier molecular flexibility index (Phi) is 7.16. The first-order valence-corrected chi connectivity index (χ1v) is 12.6. The fraction of sp³-hybridized carbons (Fsp3) is 0.133. The maximum absolute atomic E-state index is 11.7. The lowest BCUT2D eigenvalue weighted by molar-refractivity contribution is -0.662. The normalized spacial score (nSPS) is 14.1. The topological polar surface area (TPSA) is 53.7 Å². The second kappa shape index (κ2) is 10.8. The number of allylic oxidation sites excluding steroid dienone is 2. The van der Waals surface area contributed by atoms with E-state index in [-0.39, 0.29) is 12.6 Å². The second-order valence-corrected chi connectivity index (χ2v) is 9.48. The Labute approximate surface area is 215 Å². The van der Waals surface area contributed by atoms with Crippen LogP contribution in [0.4, 0.5) is 5.69 Å². The fourth-order valence-electron chi connectivity index (χ4n) is 4.39. The Morgan fingerprint density at radius 2 is 1.81 bits per heavy atom. The van der Waals surface area contributed by atoms with E-state index in [1.165, 1.54) is 12.0 Å². The molecule has 0 spiro atoms. The molecule has 0 aliphatic carbocycles. The summed E-state index contributed by atoms with van der Waals surface area (Å²) in [6.45, 7) is 1.37. The number of β-amino-alcohol motifs (C(OH)–C–C–N with tert-alkyl or cyclic N) is 1. The lowest BCUT2D eigenvalue weighted by atomic mass is 10.1. The molecule has 5 rings (SSSR count). The maximum atomic E-state index is 11.7. The summed E-state index contributed by atoms with van der Waals surface area (Å²) in [6, 6.07) is 26.3. The van der Waals surface area contributed by atoms with Gasteiger partial charge in [0.15, 0.2) is 12.7 Å². The van der Waals surface area contributed by atoms with E-state index < -0.39 is 0 Å². The van der Waals surface area contributed by atoms with Gasteiger partial charge in [0.25, 0.3) is 0 Å². The van der Waals surface area contributed by atoms with Crippen LogP contribution in [0.3, 0.4) is 0 Å². The molecule has 0 saturated heterocycles. The van der Waals surface area contributed by atoms with Crippen LogP contribution in [-0.2, 0) is 11.3 Å². The number of ether oxygens (including phenoxy) is 1. The predicted molar refractivity (Wildman–Crippen MR) is 145 cm³/mol. The van der Waals surface area contributed by atoms with E-state index in [0.29, 0.717) is 18.7 Å². The molecule has 1 N–H and O–H groups in total. The Balaban J connectivity index is 1.40. The van der Waals surface area contributed by atoms with Crippen molar-refractivity contribution in [2.24, 2.45) is 0 Å². The summed E-state index contributed by atoms with van der Waals surface area (Å²) in [5, 5.41) is 11.8. The predicted octanol–water partition coefficient (Wildman–Crippen LogP) is 5.42. The van der Waals surface area contributed by atoms with Crippen molar-refractivity contribution in [1.82, 2.24) is 0 Å². The van der Waals surface area contributed by atoms with Crippen molar-refractivity contribution >= 4 is 40.4 Å². The first-order valence-electron chi connectivity index (χ1n) is 11.8. The number of rotatable bonds is 7. The van der Waals surface area contributed by atoms with E-state index in [4.69, 9.17) is 4.74 Å². The Hall–Kier alpha value is -3.87. The zero-order chi connectivity index (χ0) is 24.9. The third-order valence-corrected chi connectivity index (χ3v) is 7.29. The molecule has 1 aliphatic rings. The molecule has 180 valence electrons. The standard InChI is InChI=1S/C30H27N2O3S/c1-35-30(34)24-15-13-22(14-16-24)21-31-18-17-23(25-8-2-3-9-26(25)31)7-6-12-29-32(19-20-33)27-10-4-5-11-28(27)36-29/h2-18,33H,19-21H2,1H3/q+1. The number of para-hydroxylation sites is 2.